The minimum atomic E-state index is -0.162. The number of aryl methyl sites for hydroxylation is 1. The predicted octanol–water partition coefficient (Wildman–Crippen LogP) is 5.20. The molecule has 2 aromatic carbocycles. The largest absolute Gasteiger partial charge is 0.324 e. The number of hydrogen-bond acceptors (Lipinski definition) is 1. The molecule has 0 fully saturated rings. The van der Waals surface area contributed by atoms with E-state index >= 15 is 0 Å². The monoisotopic (exact) mass is 313 g/mol. The number of hydrogen-bond donors (Lipinski definition) is 1. The summed E-state index contributed by atoms with van der Waals surface area (Å²) in [6, 6.07) is 11.3. The van der Waals surface area contributed by atoms with Gasteiger partial charge in [-0.25, -0.2) is 0 Å². The normalized spacial score (nSPS) is 12.5. The van der Waals surface area contributed by atoms with Gasteiger partial charge in [-0.05, 0) is 42.2 Å². The molecule has 0 saturated carbocycles. The van der Waals surface area contributed by atoms with E-state index in [9.17, 15) is 0 Å². The van der Waals surface area contributed by atoms with Crippen molar-refractivity contribution < 1.29 is 0 Å². The maximum Gasteiger partial charge on any atom is 0.0595 e. The quantitative estimate of drug-likeness (QED) is 0.828. The second kappa shape index (κ2) is 6.15. The van der Waals surface area contributed by atoms with Crippen LogP contribution in [0.5, 0.6) is 0 Å². The van der Waals surface area contributed by atoms with Gasteiger partial charge in [-0.3, -0.25) is 0 Å². The SMILES string of the molecule is Cc1cccc(C(N)Cc2ccc(Cl)c(Cl)c2)c1Cl. The van der Waals surface area contributed by atoms with Gasteiger partial charge in [0.2, 0.25) is 0 Å². The van der Waals surface area contributed by atoms with E-state index in [2.05, 4.69) is 0 Å². The van der Waals surface area contributed by atoms with Gasteiger partial charge in [-0.1, -0.05) is 59.1 Å². The maximum absolute atomic E-state index is 6.28. The van der Waals surface area contributed by atoms with E-state index in [1.165, 1.54) is 0 Å². The molecular formula is C15H14Cl3N. The molecule has 0 saturated heterocycles. The summed E-state index contributed by atoms with van der Waals surface area (Å²) in [5.74, 6) is 0. The van der Waals surface area contributed by atoms with Gasteiger partial charge in [0.25, 0.3) is 0 Å². The molecule has 0 aliphatic rings. The van der Waals surface area contributed by atoms with Crippen LogP contribution in [0.1, 0.15) is 22.7 Å². The summed E-state index contributed by atoms with van der Waals surface area (Å²) in [4.78, 5) is 0. The fourth-order valence-electron chi connectivity index (χ4n) is 1.99. The average molecular weight is 315 g/mol. The Hall–Kier alpha value is -0.730. The Morgan fingerprint density at radius 1 is 1.05 bits per heavy atom. The molecule has 0 spiro atoms. The second-order valence-electron chi connectivity index (χ2n) is 4.54. The molecule has 0 aliphatic carbocycles. The van der Waals surface area contributed by atoms with Crippen LogP contribution in [-0.4, -0.2) is 0 Å². The first-order valence-corrected chi connectivity index (χ1v) is 7.07. The maximum atomic E-state index is 6.28. The van der Waals surface area contributed by atoms with Gasteiger partial charge in [0, 0.05) is 11.1 Å². The van der Waals surface area contributed by atoms with E-state index in [1.807, 2.05) is 37.3 Å². The van der Waals surface area contributed by atoms with Crippen molar-refractivity contribution in [2.75, 3.05) is 0 Å². The molecule has 0 aromatic heterocycles. The van der Waals surface area contributed by atoms with Crippen molar-refractivity contribution in [1.29, 1.82) is 0 Å². The van der Waals surface area contributed by atoms with Crippen LogP contribution in [0.25, 0.3) is 0 Å². The van der Waals surface area contributed by atoms with E-state index in [0.717, 1.165) is 21.7 Å². The molecule has 0 amide bonds. The first kappa shape index (κ1) is 14.7. The second-order valence-corrected chi connectivity index (χ2v) is 5.73. The third-order valence-corrected chi connectivity index (χ3v) is 4.32. The molecule has 19 heavy (non-hydrogen) atoms. The van der Waals surface area contributed by atoms with E-state index in [-0.39, 0.29) is 6.04 Å². The van der Waals surface area contributed by atoms with Crippen LogP contribution in [0.4, 0.5) is 0 Å². The van der Waals surface area contributed by atoms with Gasteiger partial charge in [-0.2, -0.15) is 0 Å². The number of nitrogens with two attached hydrogens (primary N) is 1. The summed E-state index contributed by atoms with van der Waals surface area (Å²) >= 11 is 18.2. The van der Waals surface area contributed by atoms with Crippen LogP contribution < -0.4 is 5.73 Å². The Morgan fingerprint density at radius 2 is 1.79 bits per heavy atom. The molecule has 2 N–H and O–H groups in total. The van der Waals surface area contributed by atoms with E-state index in [1.54, 1.807) is 6.07 Å². The Labute approximate surface area is 128 Å². The molecule has 1 unspecified atom stereocenters. The lowest BCUT2D eigenvalue weighted by Crippen LogP contribution is -2.14. The van der Waals surface area contributed by atoms with Crippen LogP contribution in [0, 0.1) is 6.92 Å². The topological polar surface area (TPSA) is 26.0 Å². The highest BCUT2D eigenvalue weighted by Crippen LogP contribution is 2.29. The molecule has 100 valence electrons. The molecule has 0 heterocycles. The summed E-state index contributed by atoms with van der Waals surface area (Å²) in [6.07, 6.45) is 0.667. The van der Waals surface area contributed by atoms with Crippen molar-refractivity contribution in [3.63, 3.8) is 0 Å². The summed E-state index contributed by atoms with van der Waals surface area (Å²) in [7, 11) is 0. The van der Waals surface area contributed by atoms with Crippen LogP contribution >= 0.6 is 34.8 Å². The molecular weight excluding hydrogens is 301 g/mol. The lowest BCUT2D eigenvalue weighted by atomic mass is 9.98. The van der Waals surface area contributed by atoms with Crippen molar-refractivity contribution in [2.45, 2.75) is 19.4 Å². The average Bonchev–Trinajstić information content (AvgIpc) is 2.37. The molecule has 0 aliphatic heterocycles. The zero-order valence-corrected chi connectivity index (χ0v) is 12.7. The fourth-order valence-corrected chi connectivity index (χ4v) is 2.57. The zero-order chi connectivity index (χ0) is 14.0. The summed E-state index contributed by atoms with van der Waals surface area (Å²) in [5, 5.41) is 1.82. The summed E-state index contributed by atoms with van der Waals surface area (Å²) in [5.41, 5.74) is 9.25. The van der Waals surface area contributed by atoms with Gasteiger partial charge >= 0.3 is 0 Å². The van der Waals surface area contributed by atoms with Crippen molar-refractivity contribution >= 4 is 34.8 Å². The number of benzene rings is 2. The molecule has 0 bridgehead atoms. The summed E-state index contributed by atoms with van der Waals surface area (Å²) in [6.45, 7) is 1.97. The Kier molecular flexibility index (Phi) is 4.75. The van der Waals surface area contributed by atoms with E-state index in [4.69, 9.17) is 40.5 Å². The lowest BCUT2D eigenvalue weighted by Gasteiger charge is -2.15. The standard InChI is InChI=1S/C15H14Cl3N/c1-9-3-2-4-11(15(9)18)14(19)8-10-5-6-12(16)13(17)7-10/h2-7,14H,8,19H2,1H3. The van der Waals surface area contributed by atoms with E-state index < -0.39 is 0 Å². The van der Waals surface area contributed by atoms with Crippen molar-refractivity contribution in [2.24, 2.45) is 5.73 Å². The van der Waals surface area contributed by atoms with Crippen molar-refractivity contribution in [1.82, 2.24) is 0 Å². The zero-order valence-electron chi connectivity index (χ0n) is 10.5. The van der Waals surface area contributed by atoms with Gasteiger partial charge in [0.15, 0.2) is 0 Å². The van der Waals surface area contributed by atoms with Crippen LogP contribution in [0.15, 0.2) is 36.4 Å². The molecule has 1 atom stereocenters. The predicted molar refractivity (Wildman–Crippen MR) is 83.3 cm³/mol. The Balaban J connectivity index is 2.23. The van der Waals surface area contributed by atoms with Crippen molar-refractivity contribution in [3.05, 3.63) is 68.2 Å². The Bertz CT molecular complexity index is 596. The van der Waals surface area contributed by atoms with Crippen LogP contribution in [0.2, 0.25) is 15.1 Å². The lowest BCUT2D eigenvalue weighted by molar-refractivity contribution is 0.721. The number of rotatable bonds is 3. The molecule has 0 radical (unpaired) electrons. The van der Waals surface area contributed by atoms with E-state index in [0.29, 0.717) is 16.5 Å². The first-order chi connectivity index (χ1) is 8.99. The molecule has 4 heteroatoms. The molecule has 2 aromatic rings. The highest BCUT2D eigenvalue weighted by Gasteiger charge is 2.12. The minimum Gasteiger partial charge on any atom is -0.324 e. The van der Waals surface area contributed by atoms with Gasteiger partial charge in [0.05, 0.1) is 10.0 Å². The molecule has 1 nitrogen and oxygen atoms in total. The first-order valence-electron chi connectivity index (χ1n) is 5.93. The van der Waals surface area contributed by atoms with Gasteiger partial charge in [-0.15, -0.1) is 0 Å². The fraction of sp³-hybridized carbons (Fsp3) is 0.200. The smallest absolute Gasteiger partial charge is 0.0595 e. The van der Waals surface area contributed by atoms with Gasteiger partial charge < -0.3 is 5.73 Å². The highest BCUT2D eigenvalue weighted by molar-refractivity contribution is 6.42. The minimum absolute atomic E-state index is 0.162. The number of halogens is 3. The Morgan fingerprint density at radius 3 is 2.47 bits per heavy atom. The van der Waals surface area contributed by atoms with Crippen LogP contribution in [0.3, 0.4) is 0 Å². The summed E-state index contributed by atoms with van der Waals surface area (Å²) < 4.78 is 0. The molecule has 2 rings (SSSR count). The third-order valence-electron chi connectivity index (χ3n) is 3.06. The van der Waals surface area contributed by atoms with Crippen LogP contribution in [-0.2, 0) is 6.42 Å². The highest BCUT2D eigenvalue weighted by atomic mass is 35.5. The van der Waals surface area contributed by atoms with Gasteiger partial charge in [0.1, 0.15) is 0 Å². The third kappa shape index (κ3) is 3.43. The van der Waals surface area contributed by atoms with Crippen molar-refractivity contribution in [3.8, 4) is 0 Å².